The molecular formula is C37H50N4O16Si. The molecule has 0 spiro atoms. The summed E-state index contributed by atoms with van der Waals surface area (Å²) in [4.78, 5) is 77.6. The summed E-state index contributed by atoms with van der Waals surface area (Å²) >= 11 is 0. The summed E-state index contributed by atoms with van der Waals surface area (Å²) in [6, 6.07) is 2.15. The number of ether oxygens (including phenoxy) is 6. The Balaban J connectivity index is 1.49. The van der Waals surface area contributed by atoms with E-state index in [0.717, 1.165) is 30.2 Å². The third kappa shape index (κ3) is 9.76. The first-order chi connectivity index (χ1) is 27.2. The van der Waals surface area contributed by atoms with Gasteiger partial charge in [0.2, 0.25) is 0 Å². The van der Waals surface area contributed by atoms with Crippen LogP contribution in [-0.2, 0) is 23.5 Å². The van der Waals surface area contributed by atoms with Crippen LogP contribution in [0.5, 0.6) is 23.0 Å². The predicted molar refractivity (Wildman–Crippen MR) is 206 cm³/mol. The summed E-state index contributed by atoms with van der Waals surface area (Å²) in [6.07, 6.45) is -1.36. The van der Waals surface area contributed by atoms with Crippen molar-refractivity contribution in [2.75, 3.05) is 54.7 Å². The molecule has 0 radical (unpaired) electrons. The fourth-order valence-electron chi connectivity index (χ4n) is 6.48. The van der Waals surface area contributed by atoms with Crippen molar-refractivity contribution >= 4 is 43.4 Å². The molecule has 318 valence electrons. The molecule has 2 fully saturated rings. The van der Waals surface area contributed by atoms with Gasteiger partial charge in [-0.15, -0.1) is 0 Å². The minimum absolute atomic E-state index is 0.00438. The maximum atomic E-state index is 14.0. The van der Waals surface area contributed by atoms with E-state index < -0.39 is 83.1 Å². The van der Waals surface area contributed by atoms with Crippen molar-refractivity contribution in [1.82, 2.24) is 9.80 Å². The quantitative estimate of drug-likeness (QED) is 0.0828. The zero-order chi connectivity index (χ0) is 43.3. The number of benzene rings is 2. The standard InChI is InChI=1S/C37H50N4O16Si/c1-37(2,3)58(8,9)57-22-14-28(36(46)54-7)39(20-22)34(44)24-16-30(52-5)32(18-26(24)41(49)50)56-12-10-11-55-31-17-25(40(47)48)23(15-29(31)51-4)33(43)38-19-21(42)13-27(38)35(45)53-6/h15-18,21-22,27-28,42H,10-14,19-20H2,1-9H3/t21-,22-,27+,28+/m1/s1. The van der Waals surface area contributed by atoms with E-state index in [0.29, 0.717) is 0 Å². The van der Waals surface area contributed by atoms with Crippen LogP contribution < -0.4 is 18.9 Å². The first-order valence-corrected chi connectivity index (χ1v) is 21.2. The lowest BCUT2D eigenvalue weighted by molar-refractivity contribution is -0.385. The summed E-state index contributed by atoms with van der Waals surface area (Å²) in [7, 11) is 2.55. The number of rotatable bonds is 16. The second-order valence-corrected chi connectivity index (χ2v) is 20.0. The molecule has 2 amide bonds. The molecule has 0 unspecified atom stereocenters. The highest BCUT2D eigenvalue weighted by Gasteiger charge is 2.47. The molecule has 58 heavy (non-hydrogen) atoms. The first-order valence-electron chi connectivity index (χ1n) is 18.3. The van der Waals surface area contributed by atoms with Crippen LogP contribution in [0.3, 0.4) is 0 Å². The van der Waals surface area contributed by atoms with E-state index in [-0.39, 0.29) is 79.2 Å². The Kier molecular flexibility index (Phi) is 14.3. The number of methoxy groups -OCH3 is 4. The molecule has 0 bridgehead atoms. The number of amides is 2. The second-order valence-electron chi connectivity index (χ2n) is 15.2. The zero-order valence-corrected chi connectivity index (χ0v) is 34.9. The third-order valence-electron chi connectivity index (χ3n) is 10.5. The normalized spacial score (nSPS) is 19.3. The van der Waals surface area contributed by atoms with Gasteiger partial charge in [0.25, 0.3) is 23.2 Å². The summed E-state index contributed by atoms with van der Waals surface area (Å²) < 4.78 is 38.5. The van der Waals surface area contributed by atoms with Gasteiger partial charge < -0.3 is 47.8 Å². The van der Waals surface area contributed by atoms with Gasteiger partial charge in [0.15, 0.2) is 31.3 Å². The summed E-state index contributed by atoms with van der Waals surface area (Å²) in [5.74, 6) is -3.34. The number of aliphatic hydroxyl groups excluding tert-OH is 1. The molecule has 4 atom stereocenters. The van der Waals surface area contributed by atoms with Gasteiger partial charge in [-0.3, -0.25) is 29.8 Å². The molecule has 2 aromatic carbocycles. The number of likely N-dealkylation sites (tertiary alicyclic amines) is 2. The van der Waals surface area contributed by atoms with Crippen molar-refractivity contribution in [3.63, 3.8) is 0 Å². The smallest absolute Gasteiger partial charge is 0.328 e. The van der Waals surface area contributed by atoms with Gasteiger partial charge in [0.1, 0.15) is 23.2 Å². The monoisotopic (exact) mass is 834 g/mol. The molecule has 2 aliphatic rings. The average Bonchev–Trinajstić information content (AvgIpc) is 3.78. The van der Waals surface area contributed by atoms with E-state index in [1.165, 1.54) is 32.3 Å². The third-order valence-corrected chi connectivity index (χ3v) is 15.0. The van der Waals surface area contributed by atoms with Crippen LogP contribution in [0.15, 0.2) is 24.3 Å². The van der Waals surface area contributed by atoms with Gasteiger partial charge in [-0.2, -0.15) is 0 Å². The molecule has 1 N–H and O–H groups in total. The van der Waals surface area contributed by atoms with Crippen LogP contribution in [0.4, 0.5) is 11.4 Å². The topological polar surface area (TPSA) is 246 Å². The Bertz CT molecular complexity index is 1920. The molecule has 20 nitrogen and oxygen atoms in total. The van der Waals surface area contributed by atoms with Gasteiger partial charge in [0.05, 0.1) is 75.8 Å². The van der Waals surface area contributed by atoms with Crippen LogP contribution in [0.1, 0.15) is 60.7 Å². The Labute approximate surface area is 335 Å². The van der Waals surface area contributed by atoms with Gasteiger partial charge in [0, 0.05) is 44.5 Å². The fourth-order valence-corrected chi connectivity index (χ4v) is 7.84. The molecule has 2 aromatic rings. The molecule has 2 heterocycles. The highest BCUT2D eigenvalue weighted by atomic mass is 28.4. The largest absolute Gasteiger partial charge is 0.493 e. The van der Waals surface area contributed by atoms with Crippen LogP contribution in [0.2, 0.25) is 18.1 Å². The minimum atomic E-state index is -2.32. The molecule has 2 aliphatic heterocycles. The maximum Gasteiger partial charge on any atom is 0.328 e. The molecule has 0 aliphatic carbocycles. The number of β-amino-alcohol motifs (C(OH)–C–C–N with tert-alkyl or cyclic N) is 1. The predicted octanol–water partition coefficient (Wildman–Crippen LogP) is 3.89. The number of carbonyl (C=O) groups excluding carboxylic acids is 4. The molecule has 4 rings (SSSR count). The Morgan fingerprint density at radius 1 is 0.741 bits per heavy atom. The van der Waals surface area contributed by atoms with Crippen LogP contribution in [0.25, 0.3) is 0 Å². The molecule has 0 aromatic heterocycles. The van der Waals surface area contributed by atoms with Gasteiger partial charge >= 0.3 is 11.9 Å². The fraction of sp³-hybridized carbons (Fsp3) is 0.568. The van der Waals surface area contributed by atoms with E-state index in [1.54, 1.807) is 0 Å². The van der Waals surface area contributed by atoms with Crippen molar-refractivity contribution in [2.24, 2.45) is 0 Å². The van der Waals surface area contributed by atoms with E-state index in [9.17, 15) is 44.5 Å². The van der Waals surface area contributed by atoms with Crippen molar-refractivity contribution in [3.05, 3.63) is 55.6 Å². The van der Waals surface area contributed by atoms with Crippen LogP contribution in [-0.4, -0.2) is 136 Å². The van der Waals surface area contributed by atoms with Crippen molar-refractivity contribution < 1.29 is 67.0 Å². The number of nitro groups is 2. The number of carbonyl (C=O) groups is 4. The number of aliphatic hydroxyl groups is 1. The number of nitro benzene ring substituents is 2. The highest BCUT2D eigenvalue weighted by molar-refractivity contribution is 6.74. The summed E-state index contributed by atoms with van der Waals surface area (Å²) in [5.41, 5.74) is -1.97. The van der Waals surface area contributed by atoms with E-state index in [1.807, 2.05) is 13.1 Å². The minimum Gasteiger partial charge on any atom is -0.493 e. The number of nitrogens with zero attached hydrogens (tertiary/aromatic N) is 4. The summed E-state index contributed by atoms with van der Waals surface area (Å²) in [6.45, 7) is 9.83. The lowest BCUT2D eigenvalue weighted by Gasteiger charge is -2.38. The Morgan fingerprint density at radius 3 is 1.57 bits per heavy atom. The number of hydrogen-bond donors (Lipinski definition) is 1. The van der Waals surface area contributed by atoms with Gasteiger partial charge in [-0.1, -0.05) is 20.8 Å². The molecule has 21 heteroatoms. The first kappa shape index (κ1) is 45.2. The molecule has 2 saturated heterocycles. The maximum absolute atomic E-state index is 14.0. The Hall–Kier alpha value is -5.54. The lowest BCUT2D eigenvalue weighted by Crippen LogP contribution is -2.45. The average molecular weight is 835 g/mol. The van der Waals surface area contributed by atoms with Gasteiger partial charge in [-0.05, 0) is 18.1 Å². The SMILES string of the molecule is COC(=O)[C@@H]1C[C@@H](O)CN1C(=O)c1cc(OC)c(OCCCOc2cc([N+](=O)[O-])c(C(=O)N3C[C@H](O[Si](C)(C)C(C)(C)C)C[C@H]3C(=O)OC)cc2OC)cc1[N+](=O)[O-]. The Morgan fingerprint density at radius 2 is 1.17 bits per heavy atom. The number of esters is 2. The second kappa shape index (κ2) is 18.4. The van der Waals surface area contributed by atoms with E-state index >= 15 is 0 Å². The van der Waals surface area contributed by atoms with Crippen LogP contribution >= 0.6 is 0 Å². The van der Waals surface area contributed by atoms with Gasteiger partial charge in [-0.25, -0.2) is 9.59 Å². The number of hydrogen-bond acceptors (Lipinski definition) is 16. The highest BCUT2D eigenvalue weighted by Crippen LogP contribution is 2.41. The van der Waals surface area contributed by atoms with Crippen molar-refractivity contribution in [3.8, 4) is 23.0 Å². The van der Waals surface area contributed by atoms with Crippen LogP contribution in [0, 0.1) is 20.2 Å². The zero-order valence-electron chi connectivity index (χ0n) is 33.9. The molecular weight excluding hydrogens is 785 g/mol. The van der Waals surface area contributed by atoms with Crippen molar-refractivity contribution in [1.29, 1.82) is 0 Å². The van der Waals surface area contributed by atoms with E-state index in [2.05, 4.69) is 20.8 Å². The lowest BCUT2D eigenvalue weighted by atomic mass is 10.1. The molecule has 0 saturated carbocycles. The van der Waals surface area contributed by atoms with E-state index in [4.69, 9.17) is 32.8 Å². The summed E-state index contributed by atoms with van der Waals surface area (Å²) in [5, 5.41) is 34.3. The van der Waals surface area contributed by atoms with Crippen molar-refractivity contribution in [2.45, 2.75) is 82.5 Å².